The molecule has 0 atom stereocenters. The third-order valence-electron chi connectivity index (χ3n) is 3.34. The lowest BCUT2D eigenvalue weighted by Crippen LogP contribution is -2.46. The molecule has 2 rings (SSSR count). The molecule has 1 aliphatic rings. The van der Waals surface area contributed by atoms with E-state index in [-0.39, 0.29) is 11.8 Å². The lowest BCUT2D eigenvalue weighted by Gasteiger charge is -2.26. The van der Waals surface area contributed by atoms with E-state index in [1.807, 2.05) is 32.0 Å². The summed E-state index contributed by atoms with van der Waals surface area (Å²) in [5.74, 6) is -0.0718. The van der Waals surface area contributed by atoms with E-state index in [1.165, 1.54) is 0 Å². The van der Waals surface area contributed by atoms with Crippen LogP contribution in [0.15, 0.2) is 18.2 Å². The van der Waals surface area contributed by atoms with Gasteiger partial charge in [-0.3, -0.25) is 15.0 Å². The Labute approximate surface area is 112 Å². The predicted octanol–water partition coefficient (Wildman–Crippen LogP) is 1.05. The summed E-state index contributed by atoms with van der Waals surface area (Å²) in [4.78, 5) is 23.5. The Balaban J connectivity index is 2.29. The number of nitrogens with zero attached hydrogens (tertiary/aromatic N) is 1. The van der Waals surface area contributed by atoms with E-state index < -0.39 is 5.41 Å². The molecule has 1 aromatic carbocycles. The molecule has 0 saturated heterocycles. The van der Waals surface area contributed by atoms with Crippen molar-refractivity contribution < 1.29 is 9.59 Å². The van der Waals surface area contributed by atoms with Crippen molar-refractivity contribution in [3.8, 4) is 0 Å². The second-order valence-electron chi connectivity index (χ2n) is 5.56. The lowest BCUT2D eigenvalue weighted by atomic mass is 9.83. The maximum absolute atomic E-state index is 12.2. The first-order valence-electron chi connectivity index (χ1n) is 6.22. The van der Waals surface area contributed by atoms with Gasteiger partial charge in [0.15, 0.2) is 0 Å². The minimum Gasteiger partial charge on any atom is -0.326 e. The molecule has 0 fully saturated rings. The fourth-order valence-electron chi connectivity index (χ4n) is 2.09. The molecule has 19 heavy (non-hydrogen) atoms. The zero-order valence-electron chi connectivity index (χ0n) is 11.7. The van der Waals surface area contributed by atoms with Crippen LogP contribution in [0.4, 0.5) is 5.69 Å². The SMILES string of the molecule is CN(C)NC(=O)C(C)(C)c1ccc2c(c1)CC(=O)N2. The van der Waals surface area contributed by atoms with Gasteiger partial charge in [0.2, 0.25) is 11.8 Å². The minimum atomic E-state index is -0.648. The van der Waals surface area contributed by atoms with Crippen LogP contribution in [-0.4, -0.2) is 30.9 Å². The number of carbonyl (C=O) groups is 2. The first kappa shape index (κ1) is 13.5. The first-order chi connectivity index (χ1) is 8.80. The molecule has 0 bridgehead atoms. The molecule has 2 amide bonds. The highest BCUT2D eigenvalue weighted by atomic mass is 16.2. The number of nitrogens with one attached hydrogen (secondary N) is 2. The topological polar surface area (TPSA) is 61.4 Å². The number of hydrazine groups is 1. The van der Waals surface area contributed by atoms with Gasteiger partial charge in [-0.05, 0) is 31.0 Å². The lowest BCUT2D eigenvalue weighted by molar-refractivity contribution is -0.129. The van der Waals surface area contributed by atoms with Gasteiger partial charge >= 0.3 is 0 Å². The normalized spacial score (nSPS) is 14.3. The van der Waals surface area contributed by atoms with Crippen molar-refractivity contribution in [1.29, 1.82) is 0 Å². The fraction of sp³-hybridized carbons (Fsp3) is 0.429. The number of benzene rings is 1. The number of anilines is 1. The predicted molar refractivity (Wildman–Crippen MR) is 73.6 cm³/mol. The summed E-state index contributed by atoms with van der Waals surface area (Å²) in [5, 5.41) is 4.42. The van der Waals surface area contributed by atoms with Crippen molar-refractivity contribution in [1.82, 2.24) is 10.4 Å². The largest absolute Gasteiger partial charge is 0.326 e. The Morgan fingerprint density at radius 1 is 1.37 bits per heavy atom. The molecule has 0 spiro atoms. The Morgan fingerprint density at radius 2 is 2.05 bits per heavy atom. The molecule has 0 unspecified atom stereocenters. The first-order valence-corrected chi connectivity index (χ1v) is 6.22. The smallest absolute Gasteiger partial charge is 0.244 e. The molecule has 0 radical (unpaired) electrons. The van der Waals surface area contributed by atoms with E-state index in [0.29, 0.717) is 6.42 Å². The third-order valence-corrected chi connectivity index (χ3v) is 3.34. The molecule has 5 heteroatoms. The van der Waals surface area contributed by atoms with Crippen molar-refractivity contribution >= 4 is 17.5 Å². The standard InChI is InChI=1S/C14H19N3O2/c1-14(2,13(19)16-17(3)4)10-5-6-11-9(7-10)8-12(18)15-11/h5-7H,8H2,1-4H3,(H,15,18)(H,16,19). The van der Waals surface area contributed by atoms with Crippen LogP contribution in [0.2, 0.25) is 0 Å². The van der Waals surface area contributed by atoms with Crippen LogP contribution in [0.25, 0.3) is 0 Å². The highest BCUT2D eigenvalue weighted by Gasteiger charge is 2.31. The summed E-state index contributed by atoms with van der Waals surface area (Å²) in [7, 11) is 3.55. The van der Waals surface area contributed by atoms with Crippen molar-refractivity contribution in [2.24, 2.45) is 0 Å². The number of fused-ring (bicyclic) bond motifs is 1. The summed E-state index contributed by atoms with van der Waals surface area (Å²) in [6, 6.07) is 5.68. The molecular weight excluding hydrogens is 242 g/mol. The van der Waals surface area contributed by atoms with Crippen molar-refractivity contribution in [3.05, 3.63) is 29.3 Å². The van der Waals surface area contributed by atoms with E-state index in [1.54, 1.807) is 19.1 Å². The second-order valence-corrected chi connectivity index (χ2v) is 5.56. The van der Waals surface area contributed by atoms with Crippen LogP contribution >= 0.6 is 0 Å². The van der Waals surface area contributed by atoms with Crippen LogP contribution in [0, 0.1) is 0 Å². The van der Waals surface area contributed by atoms with Gasteiger partial charge in [0, 0.05) is 19.8 Å². The molecule has 2 N–H and O–H groups in total. The number of hydrogen-bond acceptors (Lipinski definition) is 3. The summed E-state index contributed by atoms with van der Waals surface area (Å²) >= 11 is 0. The maximum Gasteiger partial charge on any atom is 0.244 e. The molecule has 5 nitrogen and oxygen atoms in total. The van der Waals surface area contributed by atoms with Crippen molar-refractivity contribution in [2.45, 2.75) is 25.7 Å². The highest BCUT2D eigenvalue weighted by molar-refractivity contribution is 5.99. The van der Waals surface area contributed by atoms with Gasteiger partial charge in [-0.1, -0.05) is 12.1 Å². The van der Waals surface area contributed by atoms with Gasteiger partial charge in [-0.15, -0.1) is 0 Å². The molecule has 0 aliphatic carbocycles. The number of hydrogen-bond donors (Lipinski definition) is 2. The van der Waals surface area contributed by atoms with E-state index >= 15 is 0 Å². The molecule has 1 aromatic rings. The quantitative estimate of drug-likeness (QED) is 0.800. The van der Waals surface area contributed by atoms with Gasteiger partial charge in [0.25, 0.3) is 0 Å². The average molecular weight is 261 g/mol. The summed E-state index contributed by atoms with van der Waals surface area (Å²) in [5.41, 5.74) is 4.82. The van der Waals surface area contributed by atoms with Crippen molar-refractivity contribution in [3.63, 3.8) is 0 Å². The minimum absolute atomic E-state index is 0.00250. The molecule has 1 aliphatic heterocycles. The van der Waals surface area contributed by atoms with Crippen LogP contribution in [0.1, 0.15) is 25.0 Å². The van der Waals surface area contributed by atoms with Crippen LogP contribution in [0.3, 0.4) is 0 Å². The van der Waals surface area contributed by atoms with Crippen LogP contribution in [0.5, 0.6) is 0 Å². The molecule has 0 aromatic heterocycles. The van der Waals surface area contributed by atoms with E-state index in [2.05, 4.69) is 10.7 Å². The van der Waals surface area contributed by atoms with Crippen LogP contribution in [-0.2, 0) is 21.4 Å². The molecule has 0 saturated carbocycles. The third kappa shape index (κ3) is 2.61. The van der Waals surface area contributed by atoms with E-state index in [4.69, 9.17) is 0 Å². The van der Waals surface area contributed by atoms with E-state index in [0.717, 1.165) is 16.8 Å². The number of rotatable bonds is 3. The van der Waals surface area contributed by atoms with Crippen molar-refractivity contribution in [2.75, 3.05) is 19.4 Å². The second kappa shape index (κ2) is 4.66. The van der Waals surface area contributed by atoms with E-state index in [9.17, 15) is 9.59 Å². The molecule has 102 valence electrons. The Morgan fingerprint density at radius 3 is 2.68 bits per heavy atom. The van der Waals surface area contributed by atoms with Gasteiger partial charge in [-0.2, -0.15) is 0 Å². The summed E-state index contributed by atoms with van der Waals surface area (Å²) in [6.07, 6.45) is 0.383. The Kier molecular flexibility index (Phi) is 3.32. The number of amides is 2. The zero-order valence-corrected chi connectivity index (χ0v) is 11.7. The maximum atomic E-state index is 12.2. The zero-order chi connectivity index (χ0) is 14.2. The number of carbonyl (C=O) groups excluding carboxylic acids is 2. The molecule has 1 heterocycles. The van der Waals surface area contributed by atoms with Gasteiger partial charge in [0.1, 0.15) is 0 Å². The average Bonchev–Trinajstić information content (AvgIpc) is 2.66. The van der Waals surface area contributed by atoms with Gasteiger partial charge in [-0.25, -0.2) is 5.01 Å². The monoisotopic (exact) mass is 261 g/mol. The van der Waals surface area contributed by atoms with Gasteiger partial charge in [0.05, 0.1) is 11.8 Å². The highest BCUT2D eigenvalue weighted by Crippen LogP contribution is 2.30. The Bertz CT molecular complexity index is 535. The summed E-state index contributed by atoms with van der Waals surface area (Å²) in [6.45, 7) is 3.75. The Hall–Kier alpha value is -1.88. The van der Waals surface area contributed by atoms with Gasteiger partial charge < -0.3 is 5.32 Å². The molecular formula is C14H19N3O2. The summed E-state index contributed by atoms with van der Waals surface area (Å²) < 4.78 is 0. The van der Waals surface area contributed by atoms with Crippen LogP contribution < -0.4 is 10.7 Å². The fourth-order valence-corrected chi connectivity index (χ4v) is 2.09.